The van der Waals surface area contributed by atoms with Gasteiger partial charge in [-0.15, -0.1) is 0 Å². The first-order valence-electron chi connectivity index (χ1n) is 9.08. The molecule has 1 aliphatic heterocycles. The van der Waals surface area contributed by atoms with Gasteiger partial charge >= 0.3 is 11.8 Å². The van der Waals surface area contributed by atoms with Gasteiger partial charge in [0.25, 0.3) is 0 Å². The Kier molecular flexibility index (Phi) is 6.65. The molecule has 1 aromatic carbocycles. The average Bonchev–Trinajstić information content (AvgIpc) is 3.40. The van der Waals surface area contributed by atoms with Gasteiger partial charge in [0.05, 0.1) is 17.3 Å². The van der Waals surface area contributed by atoms with Crippen LogP contribution in [0.4, 0.5) is 4.39 Å². The Balaban J connectivity index is 1.67. The number of ether oxygens (including phenoxy) is 1. The molecule has 0 spiro atoms. The molecule has 1 saturated heterocycles. The summed E-state index contributed by atoms with van der Waals surface area (Å²) in [5, 5.41) is 3.52. The van der Waals surface area contributed by atoms with Crippen molar-refractivity contribution < 1.29 is 31.6 Å². The van der Waals surface area contributed by atoms with Gasteiger partial charge in [0, 0.05) is 19.7 Å². The van der Waals surface area contributed by atoms with Crippen molar-refractivity contribution in [3.05, 3.63) is 54.2 Å². The first-order valence-corrected chi connectivity index (χ1v) is 10.6. The van der Waals surface area contributed by atoms with E-state index >= 15 is 0 Å². The molecule has 2 heterocycles. The standard InChI is InChI=1S/C19H21FN2O6S/c20-13-5-7-15(8-6-13)29(25,26)17(16-4-2-10-28-16)12-22-19(24)18(23)21-11-14-3-1-9-27-14/h2,4-8,10,14,17H,1,3,9,11-12H2,(H,21,23)(H,22,24)/t14-,17-/m1/s1. The van der Waals surface area contributed by atoms with Crippen LogP contribution in [0.2, 0.25) is 0 Å². The summed E-state index contributed by atoms with van der Waals surface area (Å²) in [5.74, 6) is -2.32. The maximum Gasteiger partial charge on any atom is 0.309 e. The summed E-state index contributed by atoms with van der Waals surface area (Å²) in [7, 11) is -4.01. The molecule has 2 atom stereocenters. The van der Waals surface area contributed by atoms with Crippen LogP contribution in [-0.2, 0) is 24.2 Å². The molecular weight excluding hydrogens is 403 g/mol. The normalized spacial score (nSPS) is 17.6. The molecule has 29 heavy (non-hydrogen) atoms. The summed E-state index contributed by atoms with van der Waals surface area (Å²) in [5.41, 5.74) is 0. The van der Waals surface area contributed by atoms with Crippen molar-refractivity contribution >= 4 is 21.7 Å². The van der Waals surface area contributed by atoms with E-state index in [1.54, 1.807) is 0 Å². The second-order valence-electron chi connectivity index (χ2n) is 6.56. The fourth-order valence-electron chi connectivity index (χ4n) is 2.98. The van der Waals surface area contributed by atoms with Gasteiger partial charge in [-0.05, 0) is 49.2 Å². The Labute approximate surface area is 167 Å². The number of benzene rings is 1. The Hall–Kier alpha value is -2.72. The minimum Gasteiger partial charge on any atom is -0.468 e. The van der Waals surface area contributed by atoms with Crippen LogP contribution in [0.3, 0.4) is 0 Å². The van der Waals surface area contributed by atoms with Crippen LogP contribution in [-0.4, -0.2) is 46.0 Å². The summed E-state index contributed by atoms with van der Waals surface area (Å²) < 4.78 is 49.7. The molecule has 0 unspecified atom stereocenters. The smallest absolute Gasteiger partial charge is 0.309 e. The minimum atomic E-state index is -4.01. The van der Waals surface area contributed by atoms with Crippen LogP contribution >= 0.6 is 0 Å². The third kappa shape index (κ3) is 5.21. The van der Waals surface area contributed by atoms with Crippen LogP contribution in [0.1, 0.15) is 23.9 Å². The lowest BCUT2D eigenvalue weighted by molar-refractivity contribution is -0.139. The van der Waals surface area contributed by atoms with E-state index in [2.05, 4.69) is 10.6 Å². The van der Waals surface area contributed by atoms with Gasteiger partial charge in [-0.3, -0.25) is 9.59 Å². The van der Waals surface area contributed by atoms with Crippen LogP contribution < -0.4 is 10.6 Å². The second-order valence-corrected chi connectivity index (χ2v) is 8.69. The van der Waals surface area contributed by atoms with Crippen molar-refractivity contribution in [2.24, 2.45) is 0 Å². The van der Waals surface area contributed by atoms with Crippen LogP contribution in [0.25, 0.3) is 0 Å². The molecule has 2 N–H and O–H groups in total. The number of hydrogen-bond donors (Lipinski definition) is 2. The summed E-state index contributed by atoms with van der Waals surface area (Å²) >= 11 is 0. The van der Waals surface area contributed by atoms with Gasteiger partial charge in [-0.2, -0.15) is 0 Å². The number of halogens is 1. The van der Waals surface area contributed by atoms with Crippen molar-refractivity contribution in [3.63, 3.8) is 0 Å². The highest BCUT2D eigenvalue weighted by Crippen LogP contribution is 2.29. The maximum atomic E-state index is 13.2. The third-order valence-electron chi connectivity index (χ3n) is 4.55. The van der Waals surface area contributed by atoms with E-state index in [1.165, 1.54) is 18.4 Å². The molecule has 156 valence electrons. The predicted octanol–water partition coefficient (Wildman–Crippen LogP) is 1.35. The van der Waals surface area contributed by atoms with Gasteiger partial charge < -0.3 is 19.8 Å². The second kappa shape index (κ2) is 9.19. The van der Waals surface area contributed by atoms with Gasteiger partial charge in [-0.1, -0.05) is 0 Å². The lowest BCUT2D eigenvalue weighted by atomic mass is 10.2. The van der Waals surface area contributed by atoms with Gasteiger partial charge in [0.2, 0.25) is 0 Å². The Bertz CT molecular complexity index is 938. The number of nitrogens with one attached hydrogen (secondary N) is 2. The van der Waals surface area contributed by atoms with Crippen molar-refractivity contribution in [2.45, 2.75) is 29.1 Å². The van der Waals surface area contributed by atoms with E-state index < -0.39 is 32.7 Å². The van der Waals surface area contributed by atoms with Crippen molar-refractivity contribution in [2.75, 3.05) is 19.7 Å². The van der Waals surface area contributed by atoms with Crippen LogP contribution in [0.15, 0.2) is 52.0 Å². The molecule has 1 fully saturated rings. The van der Waals surface area contributed by atoms with E-state index in [4.69, 9.17) is 9.15 Å². The molecule has 0 bridgehead atoms. The van der Waals surface area contributed by atoms with E-state index in [0.717, 1.165) is 37.1 Å². The van der Waals surface area contributed by atoms with E-state index in [1.807, 2.05) is 0 Å². The van der Waals surface area contributed by atoms with Crippen LogP contribution in [0.5, 0.6) is 0 Å². The quantitative estimate of drug-likeness (QED) is 0.512. The largest absolute Gasteiger partial charge is 0.468 e. The van der Waals surface area contributed by atoms with Crippen molar-refractivity contribution in [3.8, 4) is 0 Å². The van der Waals surface area contributed by atoms with E-state index in [9.17, 15) is 22.4 Å². The molecular formula is C19H21FN2O6S. The Morgan fingerprint density at radius 1 is 1.14 bits per heavy atom. The first-order chi connectivity index (χ1) is 13.9. The number of rotatable bonds is 7. The lowest BCUT2D eigenvalue weighted by Gasteiger charge is -2.17. The molecule has 2 aromatic rings. The highest BCUT2D eigenvalue weighted by Gasteiger charge is 2.32. The van der Waals surface area contributed by atoms with Gasteiger partial charge in [-0.25, -0.2) is 12.8 Å². The number of furan rings is 1. The third-order valence-corrected chi connectivity index (χ3v) is 6.62. The molecule has 3 rings (SSSR count). The van der Waals surface area contributed by atoms with Crippen molar-refractivity contribution in [1.29, 1.82) is 0 Å². The molecule has 1 aromatic heterocycles. The molecule has 10 heteroatoms. The molecule has 0 saturated carbocycles. The van der Waals surface area contributed by atoms with E-state index in [-0.39, 0.29) is 29.8 Å². The minimum absolute atomic E-state index is 0.0920. The fourth-order valence-corrected chi connectivity index (χ4v) is 4.57. The van der Waals surface area contributed by atoms with E-state index in [0.29, 0.717) is 6.61 Å². The summed E-state index contributed by atoms with van der Waals surface area (Å²) in [6.45, 7) is 0.444. The molecule has 1 aliphatic rings. The highest BCUT2D eigenvalue weighted by molar-refractivity contribution is 7.91. The summed E-state index contributed by atoms with van der Waals surface area (Å²) in [6, 6.07) is 7.30. The number of sulfone groups is 1. The number of hydrogen-bond acceptors (Lipinski definition) is 6. The zero-order valence-electron chi connectivity index (χ0n) is 15.5. The summed E-state index contributed by atoms with van der Waals surface area (Å²) in [4.78, 5) is 23.9. The topological polar surface area (TPSA) is 115 Å². The lowest BCUT2D eigenvalue weighted by Crippen LogP contribution is -2.44. The van der Waals surface area contributed by atoms with Gasteiger partial charge in [0.1, 0.15) is 16.8 Å². The highest BCUT2D eigenvalue weighted by atomic mass is 32.2. The van der Waals surface area contributed by atoms with Crippen molar-refractivity contribution in [1.82, 2.24) is 10.6 Å². The van der Waals surface area contributed by atoms with Crippen LogP contribution in [0, 0.1) is 5.82 Å². The zero-order valence-corrected chi connectivity index (χ0v) is 16.3. The SMILES string of the molecule is O=C(NC[C@H]1CCCO1)C(=O)NC[C@H](c1ccco1)S(=O)(=O)c1ccc(F)cc1. The zero-order chi connectivity index (χ0) is 20.9. The Morgan fingerprint density at radius 3 is 2.48 bits per heavy atom. The first kappa shape index (κ1) is 21.0. The molecule has 0 radical (unpaired) electrons. The number of carbonyl (C=O) groups is 2. The molecule has 0 aliphatic carbocycles. The monoisotopic (exact) mass is 424 g/mol. The number of carbonyl (C=O) groups excluding carboxylic acids is 2. The maximum absolute atomic E-state index is 13.2. The molecule has 2 amide bonds. The predicted molar refractivity (Wildman–Crippen MR) is 100 cm³/mol. The van der Waals surface area contributed by atoms with Gasteiger partial charge in [0.15, 0.2) is 9.84 Å². The average molecular weight is 424 g/mol. The molecule has 8 nitrogen and oxygen atoms in total. The summed E-state index contributed by atoms with van der Waals surface area (Å²) in [6.07, 6.45) is 2.89. The number of amides is 2. The Morgan fingerprint density at radius 2 is 1.86 bits per heavy atom. The fraction of sp³-hybridized carbons (Fsp3) is 0.368.